The minimum Gasteiger partial charge on any atom is -0.379 e. The lowest BCUT2D eigenvalue weighted by atomic mass is 10.0. The van der Waals surface area contributed by atoms with Crippen molar-refractivity contribution in [2.75, 3.05) is 24.4 Å². The topological polar surface area (TPSA) is 90.1 Å². The molecule has 4 rings (SSSR count). The number of carbonyl (C=O) groups excluding carboxylic acids is 1. The number of aromatic nitrogens is 5. The van der Waals surface area contributed by atoms with Gasteiger partial charge in [0, 0.05) is 33.1 Å². The van der Waals surface area contributed by atoms with Crippen LogP contribution >= 0.6 is 0 Å². The number of anilines is 2. The monoisotopic (exact) mass is 491 g/mol. The van der Waals surface area contributed by atoms with E-state index in [0.717, 1.165) is 28.7 Å². The van der Waals surface area contributed by atoms with Crippen LogP contribution in [0.25, 0.3) is 0 Å². The van der Waals surface area contributed by atoms with Gasteiger partial charge in [-0.1, -0.05) is 0 Å². The number of nitrogens with one attached hydrogen (secondary N) is 1. The van der Waals surface area contributed by atoms with Gasteiger partial charge in [0.1, 0.15) is 6.04 Å². The van der Waals surface area contributed by atoms with Crippen LogP contribution in [-0.2, 0) is 42.1 Å². The van der Waals surface area contributed by atoms with E-state index >= 15 is 0 Å². The third kappa shape index (κ3) is 5.02. The predicted molar refractivity (Wildman–Crippen MR) is 123 cm³/mol. The quantitative estimate of drug-likeness (QED) is 0.547. The first kappa shape index (κ1) is 24.7. The van der Waals surface area contributed by atoms with Gasteiger partial charge in [-0.3, -0.25) is 19.1 Å². The molecule has 9 nitrogen and oxygen atoms in total. The molecule has 0 spiro atoms. The summed E-state index contributed by atoms with van der Waals surface area (Å²) in [5.41, 5.74) is 3.60. The average molecular weight is 492 g/mol. The summed E-state index contributed by atoms with van der Waals surface area (Å²) in [7, 11) is 4.93. The summed E-state index contributed by atoms with van der Waals surface area (Å²) in [6.45, 7) is 3.89. The number of amides is 1. The summed E-state index contributed by atoms with van der Waals surface area (Å²) in [5, 5.41) is 10.8. The lowest BCUT2D eigenvalue weighted by Crippen LogP contribution is -2.52. The maximum absolute atomic E-state index is 12.9. The van der Waals surface area contributed by atoms with Crippen molar-refractivity contribution in [3.05, 3.63) is 52.9 Å². The van der Waals surface area contributed by atoms with E-state index in [9.17, 15) is 18.0 Å². The van der Waals surface area contributed by atoms with Gasteiger partial charge in [-0.15, -0.1) is 0 Å². The van der Waals surface area contributed by atoms with Crippen LogP contribution < -0.4 is 10.2 Å². The fourth-order valence-electron chi connectivity index (χ4n) is 4.31. The van der Waals surface area contributed by atoms with Crippen LogP contribution in [0.1, 0.15) is 35.3 Å². The maximum atomic E-state index is 12.9. The Kier molecular flexibility index (Phi) is 6.58. The van der Waals surface area contributed by atoms with Gasteiger partial charge in [0.2, 0.25) is 5.91 Å². The summed E-state index contributed by atoms with van der Waals surface area (Å²) in [4.78, 5) is 19.2. The molecule has 0 fully saturated rings. The second-order valence-electron chi connectivity index (χ2n) is 8.77. The molecule has 3 aromatic heterocycles. The van der Waals surface area contributed by atoms with Gasteiger partial charge < -0.3 is 15.0 Å². The van der Waals surface area contributed by atoms with E-state index in [-0.39, 0.29) is 18.6 Å². The van der Waals surface area contributed by atoms with Gasteiger partial charge in [0.05, 0.1) is 41.6 Å². The number of carbonyl (C=O) groups is 1. The summed E-state index contributed by atoms with van der Waals surface area (Å²) in [5.74, 6) is -0.129. The number of fused-ring (bicyclic) bond motifs is 1. The smallest absolute Gasteiger partial charge is 0.379 e. The molecule has 1 aliphatic rings. The van der Waals surface area contributed by atoms with E-state index in [4.69, 9.17) is 4.74 Å². The number of halogens is 3. The standard InChI is InChI=1S/C23H28F3N7O2/c1-13-20-18(31(3)21(14(2)35-5)22(34)29-20)8-16(28-13)7-6-15-10-27-33(11-15)12-17-9-19(23(24,25)26)30-32(17)4/h8-11,14,21H,6-7,12H2,1-5H3,(H,29,34)/t14-,21+/m1/s1. The largest absolute Gasteiger partial charge is 0.435 e. The highest BCUT2D eigenvalue weighted by Gasteiger charge is 2.36. The Bertz CT molecular complexity index is 1230. The molecule has 0 unspecified atom stereocenters. The third-order valence-corrected chi connectivity index (χ3v) is 6.31. The molecule has 2 atom stereocenters. The minimum atomic E-state index is -4.48. The normalized spacial score (nSPS) is 16.9. The molecule has 3 aromatic rings. The number of rotatable bonds is 7. The lowest BCUT2D eigenvalue weighted by molar-refractivity contribution is -0.141. The second-order valence-corrected chi connectivity index (χ2v) is 8.77. The van der Waals surface area contributed by atoms with Crippen LogP contribution in [0, 0.1) is 6.92 Å². The molecule has 1 N–H and O–H groups in total. The van der Waals surface area contributed by atoms with Crippen LogP contribution in [-0.4, -0.2) is 56.8 Å². The van der Waals surface area contributed by atoms with Crippen molar-refractivity contribution in [1.29, 1.82) is 0 Å². The zero-order valence-corrected chi connectivity index (χ0v) is 20.2. The van der Waals surface area contributed by atoms with Crippen molar-refractivity contribution in [2.45, 2.75) is 51.6 Å². The maximum Gasteiger partial charge on any atom is 0.435 e. The Morgan fingerprint density at radius 3 is 2.63 bits per heavy atom. The van der Waals surface area contributed by atoms with E-state index in [1.54, 1.807) is 18.0 Å². The number of hydrogen-bond acceptors (Lipinski definition) is 6. The first-order valence-corrected chi connectivity index (χ1v) is 11.2. The van der Waals surface area contributed by atoms with Crippen molar-refractivity contribution in [1.82, 2.24) is 24.5 Å². The molecule has 12 heteroatoms. The Morgan fingerprint density at radius 1 is 1.23 bits per heavy atom. The number of hydrogen-bond donors (Lipinski definition) is 1. The second kappa shape index (κ2) is 9.33. The third-order valence-electron chi connectivity index (χ3n) is 6.31. The summed E-state index contributed by atoms with van der Waals surface area (Å²) in [6, 6.07) is 2.55. The Hall–Kier alpha value is -3.41. The van der Waals surface area contributed by atoms with Crippen molar-refractivity contribution in [2.24, 2.45) is 7.05 Å². The van der Waals surface area contributed by atoms with Gasteiger partial charge in [0.15, 0.2) is 5.69 Å². The molecule has 35 heavy (non-hydrogen) atoms. The number of aryl methyl sites for hydroxylation is 4. The van der Waals surface area contributed by atoms with Crippen LogP contribution in [0.2, 0.25) is 0 Å². The summed E-state index contributed by atoms with van der Waals surface area (Å²) < 4.78 is 46.9. The molecule has 0 radical (unpaired) electrons. The van der Waals surface area contributed by atoms with Crippen molar-refractivity contribution >= 4 is 17.3 Å². The fraction of sp³-hybridized carbons (Fsp3) is 0.478. The van der Waals surface area contributed by atoms with Gasteiger partial charge in [-0.2, -0.15) is 23.4 Å². The number of likely N-dealkylation sites (N-methyl/N-ethyl adjacent to an activating group) is 1. The van der Waals surface area contributed by atoms with Crippen LogP contribution in [0.4, 0.5) is 24.5 Å². The minimum absolute atomic E-state index is 0.129. The van der Waals surface area contributed by atoms with Gasteiger partial charge in [-0.25, -0.2) is 0 Å². The molecule has 0 bridgehead atoms. The first-order valence-electron chi connectivity index (χ1n) is 11.2. The van der Waals surface area contributed by atoms with E-state index in [2.05, 4.69) is 20.5 Å². The number of nitrogens with zero attached hydrogens (tertiary/aromatic N) is 6. The highest BCUT2D eigenvalue weighted by molar-refractivity contribution is 6.04. The number of methoxy groups -OCH3 is 1. The van der Waals surface area contributed by atoms with Gasteiger partial charge >= 0.3 is 6.18 Å². The Morgan fingerprint density at radius 2 is 1.97 bits per heavy atom. The molecule has 188 valence electrons. The lowest BCUT2D eigenvalue weighted by Gasteiger charge is -2.38. The SMILES string of the molecule is CO[C@H](C)[C@H]1C(=O)Nc2c(cc(CCc3cnn(Cc4cc(C(F)(F)F)nn4C)c3)nc2C)N1C. The highest BCUT2D eigenvalue weighted by atomic mass is 19.4. The molecule has 4 heterocycles. The van der Waals surface area contributed by atoms with E-state index in [1.165, 1.54) is 11.7 Å². The summed E-state index contributed by atoms with van der Waals surface area (Å²) >= 11 is 0. The predicted octanol–water partition coefficient (Wildman–Crippen LogP) is 2.96. The van der Waals surface area contributed by atoms with Crippen LogP contribution in [0.3, 0.4) is 0 Å². The number of ether oxygens (including phenoxy) is 1. The van der Waals surface area contributed by atoms with Gasteiger partial charge in [-0.05, 0) is 44.4 Å². The van der Waals surface area contributed by atoms with E-state index < -0.39 is 17.9 Å². The molecule has 0 saturated carbocycles. The summed E-state index contributed by atoms with van der Waals surface area (Å²) in [6.07, 6.45) is 0.0315. The Labute approximate surface area is 200 Å². The number of pyridine rings is 1. The zero-order valence-electron chi connectivity index (χ0n) is 20.2. The molecule has 0 aliphatic carbocycles. The zero-order chi connectivity index (χ0) is 25.5. The van der Waals surface area contributed by atoms with E-state index in [1.807, 2.05) is 38.1 Å². The molecule has 0 saturated heterocycles. The first-order chi connectivity index (χ1) is 16.5. The average Bonchev–Trinajstić information content (AvgIpc) is 3.39. The van der Waals surface area contributed by atoms with Crippen molar-refractivity contribution in [3.63, 3.8) is 0 Å². The van der Waals surface area contributed by atoms with Crippen molar-refractivity contribution < 1.29 is 22.7 Å². The molecule has 1 amide bonds. The molecular formula is C23H28F3N7O2. The van der Waals surface area contributed by atoms with Crippen LogP contribution in [0.5, 0.6) is 0 Å². The van der Waals surface area contributed by atoms with Gasteiger partial charge in [0.25, 0.3) is 0 Å². The van der Waals surface area contributed by atoms with Crippen LogP contribution in [0.15, 0.2) is 24.5 Å². The Balaban J connectivity index is 1.46. The molecule has 1 aliphatic heterocycles. The van der Waals surface area contributed by atoms with Crippen molar-refractivity contribution in [3.8, 4) is 0 Å². The molecular weight excluding hydrogens is 463 g/mol. The fourth-order valence-corrected chi connectivity index (χ4v) is 4.31. The highest BCUT2D eigenvalue weighted by Crippen LogP contribution is 2.35. The number of alkyl halides is 3. The molecule has 0 aromatic carbocycles. The van der Waals surface area contributed by atoms with E-state index in [0.29, 0.717) is 24.2 Å².